The zero-order valence-electron chi connectivity index (χ0n) is 8.34. The number of hydrogen-bond donors (Lipinski definition) is 1. The van der Waals surface area contributed by atoms with Crippen LogP contribution < -0.4 is 5.32 Å². The minimum Gasteiger partial charge on any atom is -0.378 e. The Morgan fingerprint density at radius 1 is 1.07 bits per heavy atom. The normalized spacial score (nSPS) is 23.7. The Balaban J connectivity index is 2.08. The molecule has 0 aromatic heterocycles. The molecule has 1 aliphatic carbocycles. The highest BCUT2D eigenvalue weighted by molar-refractivity contribution is 5.62. The van der Waals surface area contributed by atoms with Gasteiger partial charge in [-0.2, -0.15) is 0 Å². The summed E-state index contributed by atoms with van der Waals surface area (Å²) in [6, 6.07) is 9.97. The highest BCUT2D eigenvalue weighted by Crippen LogP contribution is 2.16. The van der Waals surface area contributed by atoms with Crippen LogP contribution in [0.4, 0.5) is 5.69 Å². The van der Waals surface area contributed by atoms with Gasteiger partial charge in [0.15, 0.2) is 0 Å². The van der Waals surface area contributed by atoms with Crippen LogP contribution in [-0.4, -0.2) is 12.3 Å². The number of hydrogen-bond acceptors (Lipinski definition) is 2. The highest BCUT2D eigenvalue weighted by Gasteiger charge is 2.16. The molecule has 15 heavy (non-hydrogen) atoms. The van der Waals surface area contributed by atoms with Gasteiger partial charge >= 0.3 is 0 Å². The molecule has 0 radical (unpaired) electrons. The standard InChI is InChI=1S/C13H13NO/c15-10-11-6-4-5-9-13(11)14-12-7-2-1-3-8-12/h1-11,13-14H. The maximum atomic E-state index is 10.8. The van der Waals surface area contributed by atoms with Crippen molar-refractivity contribution < 1.29 is 4.79 Å². The Hall–Kier alpha value is -1.83. The van der Waals surface area contributed by atoms with Gasteiger partial charge in [0.2, 0.25) is 0 Å². The monoisotopic (exact) mass is 199 g/mol. The molecule has 0 saturated carbocycles. The van der Waals surface area contributed by atoms with E-state index in [9.17, 15) is 4.79 Å². The third kappa shape index (κ3) is 2.34. The Morgan fingerprint density at radius 3 is 2.53 bits per heavy atom. The first-order valence-electron chi connectivity index (χ1n) is 5.02. The number of carbonyl (C=O) groups excluding carboxylic acids is 1. The van der Waals surface area contributed by atoms with Crippen molar-refractivity contribution in [3.05, 3.63) is 54.6 Å². The molecule has 0 spiro atoms. The van der Waals surface area contributed by atoms with E-state index in [0.717, 1.165) is 12.0 Å². The number of allylic oxidation sites excluding steroid dienone is 2. The van der Waals surface area contributed by atoms with E-state index in [2.05, 4.69) is 5.32 Å². The van der Waals surface area contributed by atoms with E-state index in [-0.39, 0.29) is 12.0 Å². The molecule has 0 aliphatic heterocycles. The van der Waals surface area contributed by atoms with Crippen LogP contribution in [0.5, 0.6) is 0 Å². The maximum absolute atomic E-state index is 10.8. The van der Waals surface area contributed by atoms with E-state index in [1.54, 1.807) is 0 Å². The SMILES string of the molecule is O=CC1C=CC=CC1Nc1ccccc1. The predicted molar refractivity (Wildman–Crippen MR) is 61.7 cm³/mol. The molecule has 2 nitrogen and oxygen atoms in total. The molecule has 1 aliphatic rings. The van der Waals surface area contributed by atoms with Crippen molar-refractivity contribution in [2.24, 2.45) is 5.92 Å². The van der Waals surface area contributed by atoms with Crippen molar-refractivity contribution >= 4 is 12.0 Å². The number of rotatable bonds is 3. The van der Waals surface area contributed by atoms with E-state index >= 15 is 0 Å². The molecule has 76 valence electrons. The van der Waals surface area contributed by atoms with Crippen LogP contribution in [0.1, 0.15) is 0 Å². The number of nitrogens with one attached hydrogen (secondary N) is 1. The van der Waals surface area contributed by atoms with Gasteiger partial charge in [-0.05, 0) is 12.1 Å². The number of carbonyl (C=O) groups is 1. The molecular weight excluding hydrogens is 186 g/mol. The van der Waals surface area contributed by atoms with Crippen molar-refractivity contribution in [3.63, 3.8) is 0 Å². The van der Waals surface area contributed by atoms with Gasteiger partial charge in [-0.3, -0.25) is 0 Å². The smallest absolute Gasteiger partial charge is 0.129 e. The van der Waals surface area contributed by atoms with Crippen LogP contribution in [-0.2, 0) is 4.79 Å². The Morgan fingerprint density at radius 2 is 1.80 bits per heavy atom. The fourth-order valence-corrected chi connectivity index (χ4v) is 1.63. The lowest BCUT2D eigenvalue weighted by atomic mass is 9.96. The van der Waals surface area contributed by atoms with Crippen molar-refractivity contribution in [2.75, 3.05) is 5.32 Å². The summed E-state index contributed by atoms with van der Waals surface area (Å²) < 4.78 is 0. The number of aldehydes is 1. The Bertz CT molecular complexity index is 381. The first kappa shape index (κ1) is 9.71. The zero-order valence-corrected chi connectivity index (χ0v) is 8.34. The Kier molecular flexibility index (Phi) is 2.98. The summed E-state index contributed by atoms with van der Waals surface area (Å²) in [4.78, 5) is 10.8. The topological polar surface area (TPSA) is 29.1 Å². The summed E-state index contributed by atoms with van der Waals surface area (Å²) in [6.07, 6.45) is 8.75. The summed E-state index contributed by atoms with van der Waals surface area (Å²) in [5.74, 6) is -0.0739. The summed E-state index contributed by atoms with van der Waals surface area (Å²) in [5.41, 5.74) is 1.04. The maximum Gasteiger partial charge on any atom is 0.129 e. The third-order valence-electron chi connectivity index (χ3n) is 2.44. The molecule has 0 amide bonds. The molecule has 2 unspecified atom stereocenters. The average Bonchev–Trinajstić information content (AvgIpc) is 2.31. The van der Waals surface area contributed by atoms with Crippen LogP contribution in [0.2, 0.25) is 0 Å². The van der Waals surface area contributed by atoms with E-state index in [1.807, 2.05) is 54.6 Å². The molecule has 1 aromatic carbocycles. The minimum atomic E-state index is -0.0739. The van der Waals surface area contributed by atoms with Crippen LogP contribution in [0, 0.1) is 5.92 Å². The van der Waals surface area contributed by atoms with Gasteiger partial charge in [-0.1, -0.05) is 42.5 Å². The quantitative estimate of drug-likeness (QED) is 0.757. The lowest BCUT2D eigenvalue weighted by Crippen LogP contribution is -2.28. The average molecular weight is 199 g/mol. The molecule has 0 bridgehead atoms. The van der Waals surface area contributed by atoms with Crippen LogP contribution >= 0.6 is 0 Å². The fourth-order valence-electron chi connectivity index (χ4n) is 1.63. The van der Waals surface area contributed by atoms with Gasteiger partial charge in [0, 0.05) is 5.69 Å². The number of para-hydroxylation sites is 1. The second-order valence-corrected chi connectivity index (χ2v) is 3.52. The van der Waals surface area contributed by atoms with Gasteiger partial charge in [0.25, 0.3) is 0 Å². The number of benzene rings is 1. The molecule has 2 heteroatoms. The second-order valence-electron chi connectivity index (χ2n) is 3.52. The zero-order chi connectivity index (χ0) is 10.5. The van der Waals surface area contributed by atoms with Gasteiger partial charge in [0.05, 0.1) is 12.0 Å². The van der Waals surface area contributed by atoms with E-state index in [4.69, 9.17) is 0 Å². The predicted octanol–water partition coefficient (Wildman–Crippen LogP) is 2.41. The van der Waals surface area contributed by atoms with Crippen molar-refractivity contribution in [1.29, 1.82) is 0 Å². The first-order chi connectivity index (χ1) is 7.40. The lowest BCUT2D eigenvalue weighted by Gasteiger charge is -2.21. The summed E-state index contributed by atoms with van der Waals surface area (Å²) in [5, 5.41) is 3.31. The molecule has 2 atom stereocenters. The molecule has 0 fully saturated rings. The third-order valence-corrected chi connectivity index (χ3v) is 2.44. The summed E-state index contributed by atoms with van der Waals surface area (Å²) in [6.45, 7) is 0. The van der Waals surface area contributed by atoms with Crippen LogP contribution in [0.15, 0.2) is 54.6 Å². The molecule has 2 rings (SSSR count). The summed E-state index contributed by atoms with van der Waals surface area (Å²) >= 11 is 0. The van der Waals surface area contributed by atoms with Crippen molar-refractivity contribution in [3.8, 4) is 0 Å². The van der Waals surface area contributed by atoms with Gasteiger partial charge in [-0.15, -0.1) is 0 Å². The second kappa shape index (κ2) is 4.60. The van der Waals surface area contributed by atoms with Gasteiger partial charge < -0.3 is 10.1 Å². The van der Waals surface area contributed by atoms with E-state index < -0.39 is 0 Å². The molecule has 0 saturated heterocycles. The van der Waals surface area contributed by atoms with E-state index in [1.165, 1.54) is 0 Å². The molecule has 1 aromatic rings. The van der Waals surface area contributed by atoms with Crippen LogP contribution in [0.25, 0.3) is 0 Å². The largest absolute Gasteiger partial charge is 0.378 e. The van der Waals surface area contributed by atoms with Crippen molar-refractivity contribution in [2.45, 2.75) is 6.04 Å². The lowest BCUT2D eigenvalue weighted by molar-refractivity contribution is -0.110. The minimum absolute atomic E-state index is 0.0647. The highest BCUT2D eigenvalue weighted by atomic mass is 16.1. The fraction of sp³-hybridized carbons (Fsp3) is 0.154. The first-order valence-corrected chi connectivity index (χ1v) is 5.02. The van der Waals surface area contributed by atoms with E-state index in [0.29, 0.717) is 0 Å². The molecular formula is C13H13NO. The number of anilines is 1. The van der Waals surface area contributed by atoms with Gasteiger partial charge in [-0.25, -0.2) is 0 Å². The summed E-state index contributed by atoms with van der Waals surface area (Å²) in [7, 11) is 0. The van der Waals surface area contributed by atoms with Crippen molar-refractivity contribution in [1.82, 2.24) is 0 Å². The molecule has 1 N–H and O–H groups in total. The van der Waals surface area contributed by atoms with Crippen LogP contribution in [0.3, 0.4) is 0 Å². The van der Waals surface area contributed by atoms with Gasteiger partial charge in [0.1, 0.15) is 6.29 Å². The molecule has 0 heterocycles. The Labute approximate surface area is 89.3 Å².